The maximum atomic E-state index is 12.2. The number of nitrogens with zero attached hydrogens (tertiary/aromatic N) is 2. The van der Waals surface area contributed by atoms with Crippen LogP contribution in [0.4, 0.5) is 5.82 Å². The van der Waals surface area contributed by atoms with E-state index in [0.717, 1.165) is 22.3 Å². The van der Waals surface area contributed by atoms with Gasteiger partial charge < -0.3 is 15.1 Å². The molecule has 0 aliphatic rings. The minimum Gasteiger partial charge on any atom is -0.459 e. The zero-order valence-corrected chi connectivity index (χ0v) is 12.8. The molecule has 1 aromatic carbocycles. The SMILES string of the molecule is CN(Cc1cc2ccccc2o1)C(=O)C=Cc1ccc(N)nc1. The standard InChI is InChI=1S/C18H17N3O2/c1-21(12-15-10-14-4-2-3-5-16(14)23-15)18(22)9-7-13-6-8-17(19)20-11-13/h2-11H,12H2,1H3,(H2,19,20). The molecule has 0 saturated heterocycles. The number of hydrogen-bond donors (Lipinski definition) is 1. The molecule has 0 aliphatic heterocycles. The summed E-state index contributed by atoms with van der Waals surface area (Å²) < 4.78 is 5.72. The topological polar surface area (TPSA) is 72.4 Å². The van der Waals surface area contributed by atoms with Crippen LogP contribution in [0.1, 0.15) is 11.3 Å². The first-order valence-electron chi connectivity index (χ1n) is 7.24. The quantitative estimate of drug-likeness (QED) is 0.752. The molecule has 2 heterocycles. The van der Waals surface area contributed by atoms with Gasteiger partial charge in [-0.25, -0.2) is 4.98 Å². The number of amides is 1. The summed E-state index contributed by atoms with van der Waals surface area (Å²) in [6, 6.07) is 13.2. The van der Waals surface area contributed by atoms with Gasteiger partial charge in [-0.3, -0.25) is 4.79 Å². The molecule has 2 N–H and O–H groups in total. The number of rotatable bonds is 4. The highest BCUT2D eigenvalue weighted by Gasteiger charge is 2.09. The lowest BCUT2D eigenvalue weighted by molar-refractivity contribution is -0.125. The van der Waals surface area contributed by atoms with Crippen LogP contribution in [0.15, 0.2) is 59.2 Å². The van der Waals surface area contributed by atoms with Crippen molar-refractivity contribution in [1.29, 1.82) is 0 Å². The number of nitrogen functional groups attached to an aromatic ring is 1. The second-order valence-corrected chi connectivity index (χ2v) is 5.29. The van der Waals surface area contributed by atoms with E-state index in [1.807, 2.05) is 36.4 Å². The van der Waals surface area contributed by atoms with Crippen LogP contribution in [0.3, 0.4) is 0 Å². The van der Waals surface area contributed by atoms with Crippen LogP contribution in [-0.2, 0) is 11.3 Å². The summed E-state index contributed by atoms with van der Waals surface area (Å²) in [6.07, 6.45) is 4.85. The Bertz CT molecular complexity index is 817. The third-order valence-electron chi connectivity index (χ3n) is 3.47. The maximum Gasteiger partial charge on any atom is 0.246 e. The molecule has 0 radical (unpaired) electrons. The molecule has 0 aliphatic carbocycles. The molecule has 0 spiro atoms. The summed E-state index contributed by atoms with van der Waals surface area (Å²) in [4.78, 5) is 17.7. The first-order valence-corrected chi connectivity index (χ1v) is 7.24. The van der Waals surface area contributed by atoms with Crippen LogP contribution >= 0.6 is 0 Å². The van der Waals surface area contributed by atoms with Crippen molar-refractivity contribution in [3.05, 3.63) is 66.1 Å². The van der Waals surface area contributed by atoms with E-state index in [0.29, 0.717) is 12.4 Å². The highest BCUT2D eigenvalue weighted by molar-refractivity contribution is 5.91. The number of para-hydroxylation sites is 1. The third-order valence-corrected chi connectivity index (χ3v) is 3.47. The molecule has 0 unspecified atom stereocenters. The number of pyridine rings is 1. The molecule has 116 valence electrons. The predicted octanol–water partition coefficient (Wildman–Crippen LogP) is 3.08. The molecule has 0 atom stereocenters. The Kier molecular flexibility index (Phi) is 4.10. The lowest BCUT2D eigenvalue weighted by Gasteiger charge is -2.12. The van der Waals surface area contributed by atoms with E-state index < -0.39 is 0 Å². The molecule has 0 saturated carbocycles. The number of nitrogens with two attached hydrogens (primary N) is 1. The Labute approximate surface area is 134 Å². The number of furan rings is 1. The largest absolute Gasteiger partial charge is 0.459 e. The second-order valence-electron chi connectivity index (χ2n) is 5.29. The molecular formula is C18H17N3O2. The van der Waals surface area contributed by atoms with Crippen molar-refractivity contribution in [3.63, 3.8) is 0 Å². The predicted molar refractivity (Wildman–Crippen MR) is 90.4 cm³/mol. The number of aromatic nitrogens is 1. The molecule has 3 aromatic rings. The molecule has 0 fully saturated rings. The van der Waals surface area contributed by atoms with Gasteiger partial charge in [0, 0.05) is 24.7 Å². The Morgan fingerprint density at radius 3 is 2.87 bits per heavy atom. The smallest absolute Gasteiger partial charge is 0.246 e. The van der Waals surface area contributed by atoms with Gasteiger partial charge in [0.2, 0.25) is 5.91 Å². The average molecular weight is 307 g/mol. The first kappa shape index (κ1) is 14.8. The van der Waals surface area contributed by atoms with Gasteiger partial charge in [0.15, 0.2) is 0 Å². The summed E-state index contributed by atoms with van der Waals surface area (Å²) in [5, 5.41) is 1.03. The van der Waals surface area contributed by atoms with Crippen molar-refractivity contribution in [2.75, 3.05) is 12.8 Å². The van der Waals surface area contributed by atoms with Crippen molar-refractivity contribution in [2.45, 2.75) is 6.54 Å². The lowest BCUT2D eigenvalue weighted by atomic mass is 10.2. The molecule has 0 bridgehead atoms. The monoisotopic (exact) mass is 307 g/mol. The number of benzene rings is 1. The van der Waals surface area contributed by atoms with Gasteiger partial charge in [0.1, 0.15) is 17.2 Å². The molecule has 5 nitrogen and oxygen atoms in total. The van der Waals surface area contributed by atoms with Crippen molar-refractivity contribution in [2.24, 2.45) is 0 Å². The molecular weight excluding hydrogens is 290 g/mol. The Morgan fingerprint density at radius 1 is 1.30 bits per heavy atom. The van der Waals surface area contributed by atoms with Crippen molar-refractivity contribution in [1.82, 2.24) is 9.88 Å². The summed E-state index contributed by atoms with van der Waals surface area (Å²) in [5.74, 6) is 1.10. The summed E-state index contributed by atoms with van der Waals surface area (Å²) in [7, 11) is 1.74. The van der Waals surface area contributed by atoms with Gasteiger partial charge >= 0.3 is 0 Å². The zero-order chi connectivity index (χ0) is 16.2. The lowest BCUT2D eigenvalue weighted by Crippen LogP contribution is -2.23. The second kappa shape index (κ2) is 6.36. The molecule has 23 heavy (non-hydrogen) atoms. The van der Waals surface area contributed by atoms with Crippen LogP contribution in [0.25, 0.3) is 17.0 Å². The molecule has 1 amide bonds. The van der Waals surface area contributed by atoms with E-state index in [-0.39, 0.29) is 5.91 Å². The van der Waals surface area contributed by atoms with Gasteiger partial charge in [0.25, 0.3) is 0 Å². The highest BCUT2D eigenvalue weighted by atomic mass is 16.3. The average Bonchev–Trinajstić information content (AvgIpc) is 2.96. The van der Waals surface area contributed by atoms with Gasteiger partial charge in [-0.15, -0.1) is 0 Å². The van der Waals surface area contributed by atoms with Gasteiger partial charge in [-0.05, 0) is 35.9 Å². The van der Waals surface area contributed by atoms with Gasteiger partial charge in [0.05, 0.1) is 6.54 Å². The molecule has 5 heteroatoms. The van der Waals surface area contributed by atoms with E-state index >= 15 is 0 Å². The van der Waals surface area contributed by atoms with Crippen LogP contribution < -0.4 is 5.73 Å². The van der Waals surface area contributed by atoms with Crippen LogP contribution in [0, 0.1) is 0 Å². The maximum absolute atomic E-state index is 12.2. The fraction of sp³-hybridized carbons (Fsp3) is 0.111. The van der Waals surface area contributed by atoms with Gasteiger partial charge in [-0.2, -0.15) is 0 Å². The fourth-order valence-electron chi connectivity index (χ4n) is 2.24. The van der Waals surface area contributed by atoms with Crippen molar-refractivity contribution < 1.29 is 9.21 Å². The summed E-state index contributed by atoms with van der Waals surface area (Å²) in [6.45, 7) is 0.415. The number of likely N-dealkylation sites (N-methyl/N-ethyl adjacent to an activating group) is 1. The number of fused-ring (bicyclic) bond motifs is 1. The van der Waals surface area contributed by atoms with Crippen LogP contribution in [-0.4, -0.2) is 22.8 Å². The van der Waals surface area contributed by atoms with Crippen LogP contribution in [0.2, 0.25) is 0 Å². The zero-order valence-electron chi connectivity index (χ0n) is 12.8. The van der Waals surface area contributed by atoms with E-state index in [4.69, 9.17) is 10.2 Å². The number of anilines is 1. The van der Waals surface area contributed by atoms with E-state index in [1.165, 1.54) is 6.08 Å². The van der Waals surface area contributed by atoms with Gasteiger partial charge in [-0.1, -0.05) is 18.2 Å². The van der Waals surface area contributed by atoms with E-state index in [2.05, 4.69) is 4.98 Å². The van der Waals surface area contributed by atoms with Crippen molar-refractivity contribution in [3.8, 4) is 0 Å². The minimum absolute atomic E-state index is 0.109. The molecule has 3 rings (SSSR count). The Balaban J connectivity index is 1.66. The number of carbonyl (C=O) groups excluding carboxylic acids is 1. The summed E-state index contributed by atoms with van der Waals surface area (Å²) in [5.41, 5.74) is 7.18. The third kappa shape index (κ3) is 3.58. The summed E-state index contributed by atoms with van der Waals surface area (Å²) >= 11 is 0. The Morgan fingerprint density at radius 2 is 2.13 bits per heavy atom. The number of hydrogen-bond acceptors (Lipinski definition) is 4. The first-order chi connectivity index (χ1) is 11.1. The normalized spacial score (nSPS) is 11.2. The van der Waals surface area contributed by atoms with Crippen LogP contribution in [0.5, 0.6) is 0 Å². The van der Waals surface area contributed by atoms with E-state index in [9.17, 15) is 4.79 Å². The number of carbonyl (C=O) groups is 1. The van der Waals surface area contributed by atoms with E-state index in [1.54, 1.807) is 30.3 Å². The fourth-order valence-corrected chi connectivity index (χ4v) is 2.24. The highest BCUT2D eigenvalue weighted by Crippen LogP contribution is 2.19. The van der Waals surface area contributed by atoms with Crippen molar-refractivity contribution >= 4 is 28.8 Å². The molecule has 2 aromatic heterocycles. The minimum atomic E-state index is -0.109. The Hall–Kier alpha value is -3.08.